The van der Waals surface area contributed by atoms with Crippen LogP contribution in [0.25, 0.3) is 17.0 Å². The lowest BCUT2D eigenvalue weighted by Gasteiger charge is -2.30. The summed E-state index contributed by atoms with van der Waals surface area (Å²) in [5.74, 6) is 0.914. The van der Waals surface area contributed by atoms with Gasteiger partial charge in [0.2, 0.25) is 5.90 Å². The molecule has 2 aromatic rings. The number of ether oxygens (including phenoxy) is 1. The number of aliphatic imine (C=N–C) groups is 1. The van der Waals surface area contributed by atoms with Gasteiger partial charge < -0.3 is 14.6 Å². The molecule has 1 aliphatic heterocycles. The summed E-state index contributed by atoms with van der Waals surface area (Å²) in [4.78, 5) is 22.1. The molecule has 0 saturated heterocycles. The maximum atomic E-state index is 12.6. The highest BCUT2D eigenvalue weighted by molar-refractivity contribution is 6.07. The molecule has 1 N–H and O–H groups in total. The number of H-pyrrole nitrogens is 1. The molecule has 0 fully saturated rings. The van der Waals surface area contributed by atoms with Gasteiger partial charge in [0.15, 0.2) is 0 Å². The van der Waals surface area contributed by atoms with E-state index in [-0.39, 0.29) is 11.9 Å². The van der Waals surface area contributed by atoms with E-state index in [2.05, 4.69) is 23.8 Å². The van der Waals surface area contributed by atoms with E-state index in [0.29, 0.717) is 17.5 Å². The number of carbonyl (C=O) groups is 1. The smallest absolute Gasteiger partial charge is 0.251 e. The minimum Gasteiger partial charge on any atom is -0.480 e. The Morgan fingerprint density at radius 2 is 2.12 bits per heavy atom. The van der Waals surface area contributed by atoms with Crippen LogP contribution < -0.4 is 0 Å². The zero-order valence-corrected chi connectivity index (χ0v) is 14.5. The van der Waals surface area contributed by atoms with Gasteiger partial charge in [-0.3, -0.25) is 4.79 Å². The first-order chi connectivity index (χ1) is 11.5. The molecule has 0 bridgehead atoms. The topological polar surface area (TPSA) is 57.7 Å². The maximum absolute atomic E-state index is 12.6. The quantitative estimate of drug-likeness (QED) is 0.940. The SMILES string of the molecule is COC1=N[C@@H](CC(C)C)C(=O)N(C)C1=Cc1c[nH]c2ccccc12. The summed E-state index contributed by atoms with van der Waals surface area (Å²) in [6.45, 7) is 4.18. The van der Waals surface area contributed by atoms with Crippen molar-refractivity contribution < 1.29 is 9.53 Å². The largest absolute Gasteiger partial charge is 0.480 e. The highest BCUT2D eigenvalue weighted by Gasteiger charge is 2.32. The molecule has 5 nitrogen and oxygen atoms in total. The highest BCUT2D eigenvalue weighted by Crippen LogP contribution is 2.25. The van der Waals surface area contributed by atoms with Crippen LogP contribution in [-0.4, -0.2) is 41.9 Å². The molecule has 126 valence electrons. The second kappa shape index (κ2) is 6.51. The van der Waals surface area contributed by atoms with Crippen molar-refractivity contribution in [1.82, 2.24) is 9.88 Å². The van der Waals surface area contributed by atoms with Crippen LogP contribution in [0.15, 0.2) is 41.2 Å². The van der Waals surface area contributed by atoms with E-state index in [1.807, 2.05) is 36.5 Å². The normalized spacial score (nSPS) is 20.1. The van der Waals surface area contributed by atoms with E-state index in [4.69, 9.17) is 4.74 Å². The van der Waals surface area contributed by atoms with Crippen LogP contribution in [0.5, 0.6) is 0 Å². The molecule has 1 aromatic heterocycles. The molecule has 0 saturated carbocycles. The monoisotopic (exact) mass is 325 g/mol. The molecule has 1 atom stereocenters. The predicted molar refractivity (Wildman–Crippen MR) is 96.7 cm³/mol. The lowest BCUT2D eigenvalue weighted by Crippen LogP contribution is -2.43. The molecular formula is C19H23N3O2. The number of para-hydroxylation sites is 1. The fourth-order valence-electron chi connectivity index (χ4n) is 3.03. The third-order valence-electron chi connectivity index (χ3n) is 4.27. The van der Waals surface area contributed by atoms with Gasteiger partial charge in [0.05, 0.1) is 7.11 Å². The zero-order valence-electron chi connectivity index (χ0n) is 14.5. The van der Waals surface area contributed by atoms with Crippen molar-refractivity contribution in [2.75, 3.05) is 14.2 Å². The number of nitrogens with zero attached hydrogens (tertiary/aromatic N) is 2. The van der Waals surface area contributed by atoms with Crippen molar-refractivity contribution >= 4 is 28.8 Å². The number of nitrogens with one attached hydrogen (secondary N) is 1. The van der Waals surface area contributed by atoms with Gasteiger partial charge >= 0.3 is 0 Å². The molecule has 5 heteroatoms. The fraction of sp³-hybridized carbons (Fsp3) is 0.368. The average molecular weight is 325 g/mol. The predicted octanol–water partition coefficient (Wildman–Crippen LogP) is 3.44. The second-order valence-corrected chi connectivity index (χ2v) is 6.50. The van der Waals surface area contributed by atoms with Gasteiger partial charge in [0.25, 0.3) is 5.91 Å². The summed E-state index contributed by atoms with van der Waals surface area (Å²) in [7, 11) is 3.38. The molecule has 1 amide bonds. The first kappa shape index (κ1) is 16.3. The Morgan fingerprint density at radius 1 is 1.38 bits per heavy atom. The number of aromatic amines is 1. The number of benzene rings is 1. The average Bonchev–Trinajstić information content (AvgIpc) is 2.97. The van der Waals surface area contributed by atoms with Crippen LogP contribution in [0.1, 0.15) is 25.8 Å². The minimum atomic E-state index is -0.370. The third kappa shape index (κ3) is 2.94. The van der Waals surface area contributed by atoms with Gasteiger partial charge in [0, 0.05) is 29.7 Å². The lowest BCUT2D eigenvalue weighted by atomic mass is 10.0. The van der Waals surface area contributed by atoms with Crippen molar-refractivity contribution in [1.29, 1.82) is 0 Å². The maximum Gasteiger partial charge on any atom is 0.251 e. The molecule has 0 aliphatic carbocycles. The van der Waals surface area contributed by atoms with Crippen LogP contribution in [0.2, 0.25) is 0 Å². The lowest BCUT2D eigenvalue weighted by molar-refractivity contribution is -0.130. The summed E-state index contributed by atoms with van der Waals surface area (Å²) in [6.07, 6.45) is 4.60. The van der Waals surface area contributed by atoms with Crippen molar-refractivity contribution in [2.24, 2.45) is 10.9 Å². The fourth-order valence-corrected chi connectivity index (χ4v) is 3.03. The number of methoxy groups -OCH3 is 1. The molecule has 2 heterocycles. The van der Waals surface area contributed by atoms with Crippen molar-refractivity contribution in [3.05, 3.63) is 41.7 Å². The second-order valence-electron chi connectivity index (χ2n) is 6.50. The van der Waals surface area contributed by atoms with Crippen molar-refractivity contribution in [3.8, 4) is 0 Å². The Hall–Kier alpha value is -2.56. The van der Waals surface area contributed by atoms with E-state index >= 15 is 0 Å². The first-order valence-corrected chi connectivity index (χ1v) is 8.18. The summed E-state index contributed by atoms with van der Waals surface area (Å²) >= 11 is 0. The van der Waals surface area contributed by atoms with E-state index < -0.39 is 0 Å². The minimum absolute atomic E-state index is 0.00981. The van der Waals surface area contributed by atoms with Crippen molar-refractivity contribution in [2.45, 2.75) is 26.3 Å². The van der Waals surface area contributed by atoms with Gasteiger partial charge in [-0.05, 0) is 24.5 Å². The number of aromatic nitrogens is 1. The standard InChI is InChI=1S/C19H23N3O2/c1-12(2)9-16-19(23)22(3)17(18(21-16)24-4)10-13-11-20-15-8-6-5-7-14(13)15/h5-8,10-12,16,20H,9H2,1-4H3/t16-/m0/s1. The summed E-state index contributed by atoms with van der Waals surface area (Å²) in [5.41, 5.74) is 2.75. The Labute approximate surface area is 142 Å². The number of fused-ring (bicyclic) bond motifs is 1. The first-order valence-electron chi connectivity index (χ1n) is 8.18. The van der Waals surface area contributed by atoms with Crippen LogP contribution in [0.4, 0.5) is 0 Å². The molecule has 1 aromatic carbocycles. The highest BCUT2D eigenvalue weighted by atomic mass is 16.5. The van der Waals surface area contributed by atoms with E-state index in [0.717, 1.165) is 22.9 Å². The Kier molecular flexibility index (Phi) is 4.42. The molecule has 24 heavy (non-hydrogen) atoms. The Bertz CT molecular complexity index is 817. The van der Waals surface area contributed by atoms with Gasteiger partial charge in [-0.15, -0.1) is 0 Å². The van der Waals surface area contributed by atoms with Crippen LogP contribution in [0.3, 0.4) is 0 Å². The number of hydrogen-bond acceptors (Lipinski definition) is 3. The number of amides is 1. The molecular weight excluding hydrogens is 302 g/mol. The molecule has 1 aliphatic rings. The van der Waals surface area contributed by atoms with E-state index in [1.165, 1.54) is 0 Å². The zero-order chi connectivity index (χ0) is 17.3. The Balaban J connectivity index is 2.04. The summed E-state index contributed by atoms with van der Waals surface area (Å²) in [5, 5.41) is 1.10. The van der Waals surface area contributed by atoms with Crippen LogP contribution in [-0.2, 0) is 9.53 Å². The van der Waals surface area contributed by atoms with Gasteiger partial charge in [0.1, 0.15) is 11.7 Å². The number of likely N-dealkylation sites (N-methyl/N-ethyl adjacent to an activating group) is 1. The van der Waals surface area contributed by atoms with Gasteiger partial charge in [-0.1, -0.05) is 32.0 Å². The number of carbonyl (C=O) groups excluding carboxylic acids is 1. The van der Waals surface area contributed by atoms with Gasteiger partial charge in [-0.2, -0.15) is 0 Å². The van der Waals surface area contributed by atoms with Crippen molar-refractivity contribution in [3.63, 3.8) is 0 Å². The molecule has 0 spiro atoms. The molecule has 0 radical (unpaired) electrons. The van der Waals surface area contributed by atoms with E-state index in [1.54, 1.807) is 19.1 Å². The molecule has 0 unspecified atom stereocenters. The number of hydrogen-bond donors (Lipinski definition) is 1. The number of rotatable bonds is 3. The summed E-state index contributed by atoms with van der Waals surface area (Å²) in [6, 6.07) is 7.69. The van der Waals surface area contributed by atoms with Crippen LogP contribution >= 0.6 is 0 Å². The third-order valence-corrected chi connectivity index (χ3v) is 4.27. The Morgan fingerprint density at radius 3 is 2.83 bits per heavy atom. The van der Waals surface area contributed by atoms with Crippen LogP contribution in [0, 0.1) is 5.92 Å². The molecule has 3 rings (SSSR count). The summed E-state index contributed by atoms with van der Waals surface area (Å²) < 4.78 is 5.47. The van der Waals surface area contributed by atoms with E-state index in [9.17, 15) is 4.79 Å². The van der Waals surface area contributed by atoms with Gasteiger partial charge in [-0.25, -0.2) is 4.99 Å².